The van der Waals surface area contributed by atoms with Crippen molar-refractivity contribution in [1.82, 2.24) is 19.9 Å². The van der Waals surface area contributed by atoms with Crippen molar-refractivity contribution in [2.45, 2.75) is 6.04 Å². The van der Waals surface area contributed by atoms with Crippen molar-refractivity contribution in [2.24, 2.45) is 7.05 Å². The molecule has 3 aromatic rings. The van der Waals surface area contributed by atoms with Crippen LogP contribution in [0.2, 0.25) is 0 Å². The van der Waals surface area contributed by atoms with Crippen molar-refractivity contribution in [1.29, 1.82) is 0 Å². The smallest absolute Gasteiger partial charge is 0.255 e. The third kappa shape index (κ3) is 3.57. The first-order valence-electron chi connectivity index (χ1n) is 9.19. The zero-order valence-electron chi connectivity index (χ0n) is 15.6. The van der Waals surface area contributed by atoms with Gasteiger partial charge in [0.1, 0.15) is 0 Å². The maximum atomic E-state index is 12.8. The SMILES string of the molecule is Cn1c(N2CCNC(C(=O)c3ccccc3)C2)nc(-c2ccncc2)cc1=O. The standard InChI is InChI=1S/C21H21N5O2/c1-25-19(27)13-17(15-7-9-22-10-8-15)24-21(25)26-12-11-23-18(14-26)20(28)16-5-3-2-4-6-16/h2-10,13,18,23H,11-12,14H2,1H3. The van der Waals surface area contributed by atoms with E-state index in [1.54, 1.807) is 19.4 Å². The Hall–Kier alpha value is -3.32. The third-order valence-corrected chi connectivity index (χ3v) is 4.92. The molecule has 1 N–H and O–H groups in total. The number of nitrogens with zero attached hydrogens (tertiary/aromatic N) is 4. The Bertz CT molecular complexity index is 1030. The van der Waals surface area contributed by atoms with Crippen LogP contribution in [0.15, 0.2) is 65.7 Å². The van der Waals surface area contributed by atoms with Gasteiger partial charge in [-0.1, -0.05) is 30.3 Å². The highest BCUT2D eigenvalue weighted by molar-refractivity contribution is 6.00. The summed E-state index contributed by atoms with van der Waals surface area (Å²) in [5.41, 5.74) is 1.97. The molecule has 28 heavy (non-hydrogen) atoms. The largest absolute Gasteiger partial charge is 0.339 e. The molecule has 1 unspecified atom stereocenters. The maximum absolute atomic E-state index is 12.8. The Balaban J connectivity index is 1.64. The first kappa shape index (κ1) is 18.1. The van der Waals surface area contributed by atoms with Crippen molar-refractivity contribution in [3.63, 3.8) is 0 Å². The fourth-order valence-electron chi connectivity index (χ4n) is 3.39. The van der Waals surface area contributed by atoms with Gasteiger partial charge in [0.2, 0.25) is 5.95 Å². The number of hydrogen-bond donors (Lipinski definition) is 1. The Kier molecular flexibility index (Phi) is 4.99. The van der Waals surface area contributed by atoms with E-state index in [-0.39, 0.29) is 17.4 Å². The molecule has 1 aliphatic rings. The zero-order chi connectivity index (χ0) is 19.5. The summed E-state index contributed by atoms with van der Waals surface area (Å²) in [6, 6.07) is 14.1. The lowest BCUT2D eigenvalue weighted by molar-refractivity contribution is 0.0939. The lowest BCUT2D eigenvalue weighted by atomic mass is 10.0. The summed E-state index contributed by atoms with van der Waals surface area (Å²) in [7, 11) is 1.71. The van der Waals surface area contributed by atoms with E-state index in [4.69, 9.17) is 4.98 Å². The van der Waals surface area contributed by atoms with Crippen LogP contribution in [0, 0.1) is 0 Å². The Morgan fingerprint density at radius 3 is 2.64 bits per heavy atom. The van der Waals surface area contributed by atoms with E-state index in [9.17, 15) is 9.59 Å². The summed E-state index contributed by atoms with van der Waals surface area (Å²) in [5.74, 6) is 0.604. The predicted molar refractivity (Wildman–Crippen MR) is 107 cm³/mol. The number of benzene rings is 1. The first-order valence-corrected chi connectivity index (χ1v) is 9.19. The topological polar surface area (TPSA) is 80.1 Å². The second kappa shape index (κ2) is 7.74. The van der Waals surface area contributed by atoms with Crippen LogP contribution in [-0.4, -0.2) is 46.0 Å². The monoisotopic (exact) mass is 375 g/mol. The van der Waals surface area contributed by atoms with Gasteiger partial charge in [-0.2, -0.15) is 0 Å². The molecule has 0 amide bonds. The molecule has 1 atom stereocenters. The minimum atomic E-state index is -0.349. The number of piperazine rings is 1. The van der Waals surface area contributed by atoms with Gasteiger partial charge in [0, 0.05) is 56.3 Å². The second-order valence-electron chi connectivity index (χ2n) is 6.76. The van der Waals surface area contributed by atoms with Gasteiger partial charge >= 0.3 is 0 Å². The van der Waals surface area contributed by atoms with Crippen molar-refractivity contribution in [3.8, 4) is 11.3 Å². The number of hydrogen-bond acceptors (Lipinski definition) is 6. The number of ketones is 1. The number of Topliss-reactive ketones (excluding diaryl/α,β-unsaturated/α-hetero) is 1. The number of nitrogens with one attached hydrogen (secondary N) is 1. The molecule has 4 rings (SSSR count). The van der Waals surface area contributed by atoms with E-state index in [1.807, 2.05) is 47.4 Å². The molecule has 1 aliphatic heterocycles. The van der Waals surface area contributed by atoms with Gasteiger partial charge in [-0.05, 0) is 12.1 Å². The summed E-state index contributed by atoms with van der Waals surface area (Å²) in [5, 5.41) is 3.28. The van der Waals surface area contributed by atoms with Crippen LogP contribution in [0.5, 0.6) is 0 Å². The Morgan fingerprint density at radius 2 is 1.89 bits per heavy atom. The lowest BCUT2D eigenvalue weighted by Crippen LogP contribution is -2.55. The van der Waals surface area contributed by atoms with E-state index in [2.05, 4.69) is 10.3 Å². The molecular formula is C21H21N5O2. The maximum Gasteiger partial charge on any atom is 0.255 e. The fraction of sp³-hybridized carbons (Fsp3) is 0.238. The molecule has 142 valence electrons. The van der Waals surface area contributed by atoms with Crippen LogP contribution >= 0.6 is 0 Å². The van der Waals surface area contributed by atoms with Crippen molar-refractivity contribution in [3.05, 3.63) is 76.8 Å². The summed E-state index contributed by atoms with van der Waals surface area (Å²) in [4.78, 5) is 36.1. The van der Waals surface area contributed by atoms with E-state index in [1.165, 1.54) is 10.6 Å². The van der Waals surface area contributed by atoms with Crippen molar-refractivity contribution in [2.75, 3.05) is 24.5 Å². The normalized spacial score (nSPS) is 16.8. The number of aromatic nitrogens is 3. The number of pyridine rings is 1. The molecule has 0 saturated carbocycles. The van der Waals surface area contributed by atoms with E-state index in [0.717, 1.165) is 5.56 Å². The van der Waals surface area contributed by atoms with Crippen molar-refractivity contribution < 1.29 is 4.79 Å². The van der Waals surface area contributed by atoms with Gasteiger partial charge in [-0.25, -0.2) is 4.98 Å². The molecule has 2 aromatic heterocycles. The Labute approximate surface area is 162 Å². The Morgan fingerprint density at radius 1 is 1.14 bits per heavy atom. The molecule has 7 heteroatoms. The second-order valence-corrected chi connectivity index (χ2v) is 6.76. The van der Waals surface area contributed by atoms with Crippen LogP contribution in [0.4, 0.5) is 5.95 Å². The number of anilines is 1. The highest BCUT2D eigenvalue weighted by Gasteiger charge is 2.28. The van der Waals surface area contributed by atoms with Gasteiger partial charge < -0.3 is 10.2 Å². The summed E-state index contributed by atoms with van der Waals surface area (Å²) < 4.78 is 1.53. The first-order chi connectivity index (χ1) is 13.6. The highest BCUT2D eigenvalue weighted by atomic mass is 16.1. The molecule has 1 aromatic carbocycles. The van der Waals surface area contributed by atoms with E-state index >= 15 is 0 Å². The molecule has 3 heterocycles. The van der Waals surface area contributed by atoms with Gasteiger partial charge in [0.05, 0.1) is 11.7 Å². The van der Waals surface area contributed by atoms with E-state index < -0.39 is 0 Å². The number of carbonyl (C=O) groups excluding carboxylic acids is 1. The van der Waals surface area contributed by atoms with Gasteiger partial charge in [-0.15, -0.1) is 0 Å². The minimum absolute atomic E-state index is 0.0422. The number of carbonyl (C=O) groups is 1. The molecule has 7 nitrogen and oxygen atoms in total. The molecule has 0 radical (unpaired) electrons. The lowest BCUT2D eigenvalue weighted by Gasteiger charge is -2.34. The average molecular weight is 375 g/mol. The van der Waals surface area contributed by atoms with E-state index in [0.29, 0.717) is 36.8 Å². The molecular weight excluding hydrogens is 354 g/mol. The summed E-state index contributed by atoms with van der Waals surface area (Å²) in [6.07, 6.45) is 3.35. The quantitative estimate of drug-likeness (QED) is 0.696. The zero-order valence-corrected chi connectivity index (χ0v) is 15.6. The van der Waals surface area contributed by atoms with Crippen LogP contribution in [0.1, 0.15) is 10.4 Å². The van der Waals surface area contributed by atoms with Gasteiger partial charge in [0.15, 0.2) is 5.78 Å². The summed E-state index contributed by atoms with van der Waals surface area (Å²) >= 11 is 0. The highest BCUT2D eigenvalue weighted by Crippen LogP contribution is 2.19. The average Bonchev–Trinajstić information content (AvgIpc) is 2.76. The molecule has 1 saturated heterocycles. The fourth-order valence-corrected chi connectivity index (χ4v) is 3.39. The molecule has 0 aliphatic carbocycles. The molecule has 0 bridgehead atoms. The number of rotatable bonds is 4. The van der Waals surface area contributed by atoms with Crippen LogP contribution in [0.3, 0.4) is 0 Å². The van der Waals surface area contributed by atoms with Crippen molar-refractivity contribution >= 4 is 11.7 Å². The van der Waals surface area contributed by atoms with Crippen LogP contribution in [0.25, 0.3) is 11.3 Å². The third-order valence-electron chi connectivity index (χ3n) is 4.92. The van der Waals surface area contributed by atoms with Gasteiger partial charge in [0.25, 0.3) is 5.56 Å². The summed E-state index contributed by atoms with van der Waals surface area (Å²) in [6.45, 7) is 1.76. The molecule has 1 fully saturated rings. The minimum Gasteiger partial charge on any atom is -0.339 e. The van der Waals surface area contributed by atoms with Crippen LogP contribution < -0.4 is 15.8 Å². The van der Waals surface area contributed by atoms with Crippen LogP contribution in [-0.2, 0) is 7.05 Å². The predicted octanol–water partition coefficient (Wildman–Crippen LogP) is 1.50. The molecule has 0 spiro atoms. The van der Waals surface area contributed by atoms with Gasteiger partial charge in [-0.3, -0.25) is 19.1 Å².